The number of para-hydroxylation sites is 2. The van der Waals surface area contributed by atoms with Crippen LogP contribution in [0, 0.1) is 0 Å². The van der Waals surface area contributed by atoms with Gasteiger partial charge in [0, 0.05) is 23.6 Å². The van der Waals surface area contributed by atoms with Crippen molar-refractivity contribution in [3.8, 4) is 0 Å². The molecule has 0 saturated carbocycles. The quantitative estimate of drug-likeness (QED) is 0.798. The summed E-state index contributed by atoms with van der Waals surface area (Å²) >= 11 is 9.74. The van der Waals surface area contributed by atoms with Gasteiger partial charge < -0.3 is 10.2 Å². The van der Waals surface area contributed by atoms with Crippen LogP contribution in [-0.4, -0.2) is 14.1 Å². The van der Waals surface area contributed by atoms with Crippen molar-refractivity contribution in [1.82, 2.24) is 0 Å². The largest absolute Gasteiger partial charge is 0.377 e. The van der Waals surface area contributed by atoms with Crippen molar-refractivity contribution in [2.75, 3.05) is 24.3 Å². The summed E-state index contributed by atoms with van der Waals surface area (Å²) in [6.45, 7) is 2.11. The number of hydrogen-bond donors (Lipinski definition) is 1. The molecule has 4 heteroatoms. The average Bonchev–Trinajstić information content (AvgIpc) is 2.38. The fourth-order valence-corrected chi connectivity index (χ4v) is 2.99. The van der Waals surface area contributed by atoms with Crippen LogP contribution in [-0.2, 0) is 0 Å². The van der Waals surface area contributed by atoms with Crippen LogP contribution in [0.4, 0.5) is 11.4 Å². The van der Waals surface area contributed by atoms with Crippen molar-refractivity contribution in [2.45, 2.75) is 13.0 Å². The molecule has 1 unspecified atom stereocenters. The number of nitrogens with one attached hydrogen (secondary N) is 1. The smallest absolute Gasteiger partial charge is 0.0596 e. The van der Waals surface area contributed by atoms with E-state index in [1.165, 1.54) is 0 Å². The van der Waals surface area contributed by atoms with Gasteiger partial charge in [-0.25, -0.2) is 0 Å². The predicted octanol–water partition coefficient (Wildman–Crippen LogP) is 5.34. The third kappa shape index (κ3) is 3.47. The fraction of sp³-hybridized carbons (Fsp3) is 0.250. The Kier molecular flexibility index (Phi) is 4.95. The molecule has 0 aliphatic rings. The second-order valence-electron chi connectivity index (χ2n) is 4.94. The lowest BCUT2D eigenvalue weighted by Crippen LogP contribution is -2.14. The lowest BCUT2D eigenvalue weighted by molar-refractivity contribution is 0.883. The van der Waals surface area contributed by atoms with Gasteiger partial charge in [-0.1, -0.05) is 45.7 Å². The molecule has 0 fully saturated rings. The number of hydrogen-bond acceptors (Lipinski definition) is 2. The van der Waals surface area contributed by atoms with Crippen molar-refractivity contribution in [2.24, 2.45) is 0 Å². The van der Waals surface area contributed by atoms with Crippen LogP contribution >= 0.6 is 27.5 Å². The van der Waals surface area contributed by atoms with Crippen molar-refractivity contribution < 1.29 is 0 Å². The van der Waals surface area contributed by atoms with Gasteiger partial charge in [0.2, 0.25) is 0 Å². The van der Waals surface area contributed by atoms with E-state index in [1.54, 1.807) is 0 Å². The Morgan fingerprint density at radius 2 is 1.85 bits per heavy atom. The normalized spacial score (nSPS) is 12.1. The first-order chi connectivity index (χ1) is 9.49. The molecule has 106 valence electrons. The number of benzene rings is 2. The Hall–Kier alpha value is -1.19. The molecule has 0 heterocycles. The van der Waals surface area contributed by atoms with Crippen LogP contribution in [0.2, 0.25) is 5.02 Å². The van der Waals surface area contributed by atoms with Gasteiger partial charge in [0.25, 0.3) is 0 Å². The maximum atomic E-state index is 6.31. The van der Waals surface area contributed by atoms with E-state index >= 15 is 0 Å². The van der Waals surface area contributed by atoms with E-state index in [0.717, 1.165) is 26.4 Å². The van der Waals surface area contributed by atoms with E-state index in [-0.39, 0.29) is 6.04 Å². The first kappa shape index (κ1) is 15.2. The standard InChI is InChI=1S/C16H18BrClN2/c1-11(13-9-8-12(17)10-14(13)18)19-15-6-4-5-7-16(15)20(2)3/h4-11,19H,1-3H3. The molecule has 2 aromatic rings. The van der Waals surface area contributed by atoms with Gasteiger partial charge >= 0.3 is 0 Å². The van der Waals surface area contributed by atoms with Gasteiger partial charge in [0.05, 0.1) is 17.4 Å². The first-order valence-corrected chi connectivity index (χ1v) is 7.64. The summed E-state index contributed by atoms with van der Waals surface area (Å²) in [6.07, 6.45) is 0. The second-order valence-corrected chi connectivity index (χ2v) is 6.27. The monoisotopic (exact) mass is 352 g/mol. The van der Waals surface area contributed by atoms with Gasteiger partial charge in [-0.15, -0.1) is 0 Å². The molecule has 0 aliphatic carbocycles. The number of halogens is 2. The molecule has 2 nitrogen and oxygen atoms in total. The predicted molar refractivity (Wildman–Crippen MR) is 92.0 cm³/mol. The van der Waals surface area contributed by atoms with E-state index in [9.17, 15) is 0 Å². The van der Waals surface area contributed by atoms with Crippen molar-refractivity contribution in [3.05, 3.63) is 57.5 Å². The SMILES string of the molecule is CC(Nc1ccccc1N(C)C)c1ccc(Br)cc1Cl. The summed E-state index contributed by atoms with van der Waals surface area (Å²) in [5.41, 5.74) is 3.35. The molecule has 0 radical (unpaired) electrons. The van der Waals surface area contributed by atoms with Crippen LogP contribution in [0.1, 0.15) is 18.5 Å². The maximum absolute atomic E-state index is 6.31. The zero-order valence-corrected chi connectivity index (χ0v) is 14.2. The van der Waals surface area contributed by atoms with Crippen LogP contribution in [0.25, 0.3) is 0 Å². The van der Waals surface area contributed by atoms with Crippen LogP contribution in [0.3, 0.4) is 0 Å². The lowest BCUT2D eigenvalue weighted by atomic mass is 10.1. The Morgan fingerprint density at radius 3 is 2.50 bits per heavy atom. The van der Waals surface area contributed by atoms with Gasteiger partial charge in [-0.3, -0.25) is 0 Å². The van der Waals surface area contributed by atoms with Gasteiger partial charge in [0.1, 0.15) is 0 Å². The molecule has 20 heavy (non-hydrogen) atoms. The summed E-state index contributed by atoms with van der Waals surface area (Å²) in [5, 5.41) is 4.29. The number of nitrogens with zero attached hydrogens (tertiary/aromatic N) is 1. The zero-order valence-electron chi connectivity index (χ0n) is 11.8. The van der Waals surface area contributed by atoms with E-state index in [2.05, 4.69) is 45.2 Å². The fourth-order valence-electron chi connectivity index (χ4n) is 2.15. The molecule has 0 bridgehead atoms. The van der Waals surface area contributed by atoms with E-state index in [0.29, 0.717) is 0 Å². The van der Waals surface area contributed by atoms with E-state index in [1.807, 2.05) is 44.4 Å². The third-order valence-corrected chi connectivity index (χ3v) is 4.01. The van der Waals surface area contributed by atoms with Crippen LogP contribution < -0.4 is 10.2 Å². The van der Waals surface area contributed by atoms with Crippen molar-refractivity contribution >= 4 is 38.9 Å². The summed E-state index contributed by atoms with van der Waals surface area (Å²) < 4.78 is 0.993. The van der Waals surface area contributed by atoms with E-state index in [4.69, 9.17) is 11.6 Å². The van der Waals surface area contributed by atoms with Crippen molar-refractivity contribution in [3.63, 3.8) is 0 Å². The summed E-state index contributed by atoms with van der Waals surface area (Å²) in [7, 11) is 4.08. The van der Waals surface area contributed by atoms with Gasteiger partial charge in [-0.05, 0) is 36.8 Å². The molecular formula is C16H18BrClN2. The minimum atomic E-state index is 0.136. The van der Waals surface area contributed by atoms with Crippen LogP contribution in [0.5, 0.6) is 0 Å². The molecule has 0 aromatic heterocycles. The molecular weight excluding hydrogens is 336 g/mol. The molecule has 2 aromatic carbocycles. The minimum absolute atomic E-state index is 0.136. The van der Waals surface area contributed by atoms with Crippen molar-refractivity contribution in [1.29, 1.82) is 0 Å². The summed E-state index contributed by atoms with van der Waals surface area (Å²) in [4.78, 5) is 2.10. The Bertz CT molecular complexity index is 599. The molecule has 0 saturated heterocycles. The topological polar surface area (TPSA) is 15.3 Å². The Morgan fingerprint density at radius 1 is 1.15 bits per heavy atom. The van der Waals surface area contributed by atoms with E-state index < -0.39 is 0 Å². The molecule has 1 N–H and O–H groups in total. The van der Waals surface area contributed by atoms with Crippen LogP contribution in [0.15, 0.2) is 46.9 Å². The molecule has 0 amide bonds. The van der Waals surface area contributed by atoms with Gasteiger partial charge in [0.15, 0.2) is 0 Å². The first-order valence-electron chi connectivity index (χ1n) is 6.47. The van der Waals surface area contributed by atoms with Gasteiger partial charge in [-0.2, -0.15) is 0 Å². The second kappa shape index (κ2) is 6.51. The lowest BCUT2D eigenvalue weighted by Gasteiger charge is -2.22. The molecule has 0 aliphatic heterocycles. The Labute approximate surface area is 133 Å². The molecule has 2 rings (SSSR count). The minimum Gasteiger partial charge on any atom is -0.377 e. The molecule has 0 spiro atoms. The number of anilines is 2. The maximum Gasteiger partial charge on any atom is 0.0596 e. The highest BCUT2D eigenvalue weighted by molar-refractivity contribution is 9.10. The third-order valence-electron chi connectivity index (χ3n) is 3.19. The zero-order chi connectivity index (χ0) is 14.7. The highest BCUT2D eigenvalue weighted by Crippen LogP contribution is 2.31. The summed E-state index contributed by atoms with van der Waals surface area (Å²) in [5.74, 6) is 0. The average molecular weight is 354 g/mol. The Balaban J connectivity index is 2.26. The number of rotatable bonds is 4. The highest BCUT2D eigenvalue weighted by atomic mass is 79.9. The highest BCUT2D eigenvalue weighted by Gasteiger charge is 2.12. The summed E-state index contributed by atoms with van der Waals surface area (Å²) in [6, 6.07) is 14.4. The molecule has 1 atom stereocenters.